The SMILES string of the molecule is CC(C)(C)OC(=O)N1Cc2cccc(BOC(C)(C)C(C)(C)O)c2C1. The van der Waals surface area contributed by atoms with Crippen molar-refractivity contribution in [3.8, 4) is 0 Å². The third-order valence-corrected chi connectivity index (χ3v) is 4.79. The van der Waals surface area contributed by atoms with Gasteiger partial charge in [0.15, 0.2) is 0 Å². The minimum atomic E-state index is -0.951. The molecule has 0 spiro atoms. The van der Waals surface area contributed by atoms with Gasteiger partial charge in [0.1, 0.15) is 5.60 Å². The summed E-state index contributed by atoms with van der Waals surface area (Å²) in [5.74, 6) is 0. The lowest BCUT2D eigenvalue weighted by atomic mass is 9.79. The highest BCUT2D eigenvalue weighted by molar-refractivity contribution is 6.47. The Balaban J connectivity index is 2.10. The Labute approximate surface area is 151 Å². The third kappa shape index (κ3) is 4.76. The number of carbonyl (C=O) groups excluding carboxylic acids is 1. The number of benzene rings is 1. The summed E-state index contributed by atoms with van der Waals surface area (Å²) in [6.45, 7) is 13.9. The van der Waals surface area contributed by atoms with Crippen LogP contribution in [-0.4, -0.2) is 40.4 Å². The van der Waals surface area contributed by atoms with E-state index in [0.29, 0.717) is 20.6 Å². The van der Waals surface area contributed by atoms with Crippen molar-refractivity contribution in [2.75, 3.05) is 0 Å². The van der Waals surface area contributed by atoms with E-state index >= 15 is 0 Å². The molecule has 6 heteroatoms. The molecule has 0 saturated heterocycles. The number of rotatable bonds is 4. The molecular weight excluding hydrogens is 317 g/mol. The zero-order chi connectivity index (χ0) is 19.0. The molecule has 2 rings (SSSR count). The molecular formula is C19H30BNO4. The van der Waals surface area contributed by atoms with E-state index < -0.39 is 16.8 Å². The van der Waals surface area contributed by atoms with Crippen LogP contribution in [0.2, 0.25) is 0 Å². The molecule has 1 heterocycles. The number of amides is 1. The van der Waals surface area contributed by atoms with Gasteiger partial charge in [-0.25, -0.2) is 4.79 Å². The minimum absolute atomic E-state index is 0.299. The van der Waals surface area contributed by atoms with Crippen molar-refractivity contribution >= 4 is 19.0 Å². The van der Waals surface area contributed by atoms with Crippen molar-refractivity contribution in [2.24, 2.45) is 0 Å². The molecule has 1 aromatic carbocycles. The van der Waals surface area contributed by atoms with Gasteiger partial charge in [-0.3, -0.25) is 4.90 Å². The van der Waals surface area contributed by atoms with Crippen molar-refractivity contribution in [3.05, 3.63) is 29.3 Å². The molecule has 1 aliphatic rings. The molecule has 5 nitrogen and oxygen atoms in total. The number of nitrogens with zero attached hydrogens (tertiary/aromatic N) is 1. The second-order valence-corrected chi connectivity index (χ2v) is 8.75. The van der Waals surface area contributed by atoms with Gasteiger partial charge in [-0.1, -0.05) is 18.2 Å². The maximum Gasteiger partial charge on any atom is 0.410 e. The van der Waals surface area contributed by atoms with Crippen LogP contribution in [0, 0.1) is 0 Å². The fourth-order valence-corrected chi connectivity index (χ4v) is 2.52. The van der Waals surface area contributed by atoms with E-state index in [2.05, 4.69) is 0 Å². The van der Waals surface area contributed by atoms with Crippen molar-refractivity contribution in [2.45, 2.75) is 78.4 Å². The second-order valence-electron chi connectivity index (χ2n) is 8.75. The first-order valence-corrected chi connectivity index (χ1v) is 8.74. The second kappa shape index (κ2) is 6.65. The van der Waals surface area contributed by atoms with Gasteiger partial charge in [-0.15, -0.1) is 0 Å². The van der Waals surface area contributed by atoms with Gasteiger partial charge in [0, 0.05) is 13.1 Å². The number of ether oxygens (including phenoxy) is 1. The van der Waals surface area contributed by atoms with Crippen LogP contribution in [0.5, 0.6) is 0 Å². The average Bonchev–Trinajstić information content (AvgIpc) is 2.86. The summed E-state index contributed by atoms with van der Waals surface area (Å²) in [7, 11) is 0.391. The minimum Gasteiger partial charge on any atom is -0.444 e. The predicted octanol–water partition coefficient (Wildman–Crippen LogP) is 2.48. The number of fused-ring (bicyclic) bond motifs is 1. The molecule has 1 amide bonds. The maximum absolute atomic E-state index is 12.3. The first-order valence-electron chi connectivity index (χ1n) is 8.74. The molecule has 0 fully saturated rings. The van der Waals surface area contributed by atoms with Gasteiger partial charge in [0.2, 0.25) is 0 Å². The third-order valence-electron chi connectivity index (χ3n) is 4.79. The van der Waals surface area contributed by atoms with E-state index in [1.54, 1.807) is 18.7 Å². The fraction of sp³-hybridized carbons (Fsp3) is 0.632. The van der Waals surface area contributed by atoms with Crippen molar-refractivity contribution in [1.82, 2.24) is 4.90 Å². The Morgan fingerprint density at radius 2 is 1.76 bits per heavy atom. The largest absolute Gasteiger partial charge is 0.444 e. The van der Waals surface area contributed by atoms with E-state index in [9.17, 15) is 9.90 Å². The molecule has 0 unspecified atom stereocenters. The molecule has 0 radical (unpaired) electrons. The average molecular weight is 347 g/mol. The zero-order valence-corrected chi connectivity index (χ0v) is 16.5. The molecule has 0 aliphatic carbocycles. The Kier molecular flexibility index (Phi) is 5.27. The van der Waals surface area contributed by atoms with Crippen molar-refractivity contribution in [3.63, 3.8) is 0 Å². The van der Waals surface area contributed by atoms with Gasteiger partial charge in [-0.2, -0.15) is 0 Å². The van der Waals surface area contributed by atoms with Crippen LogP contribution < -0.4 is 5.46 Å². The zero-order valence-electron chi connectivity index (χ0n) is 16.5. The smallest absolute Gasteiger partial charge is 0.410 e. The monoisotopic (exact) mass is 347 g/mol. The molecule has 25 heavy (non-hydrogen) atoms. The van der Waals surface area contributed by atoms with Crippen LogP contribution in [0.25, 0.3) is 0 Å². The summed E-state index contributed by atoms with van der Waals surface area (Å²) < 4.78 is 11.5. The van der Waals surface area contributed by atoms with Crippen LogP contribution >= 0.6 is 0 Å². The number of hydrogen-bond acceptors (Lipinski definition) is 4. The van der Waals surface area contributed by atoms with E-state index in [1.807, 2.05) is 52.8 Å². The van der Waals surface area contributed by atoms with Gasteiger partial charge < -0.3 is 14.5 Å². The van der Waals surface area contributed by atoms with E-state index in [1.165, 1.54) is 0 Å². The van der Waals surface area contributed by atoms with Gasteiger partial charge in [0.05, 0.1) is 11.2 Å². The summed E-state index contributed by atoms with van der Waals surface area (Å²) in [6, 6.07) is 6.02. The van der Waals surface area contributed by atoms with Gasteiger partial charge in [0.25, 0.3) is 0 Å². The lowest BCUT2D eigenvalue weighted by Crippen LogP contribution is -2.49. The molecule has 0 atom stereocenters. The molecule has 0 saturated carbocycles. The number of carbonyl (C=O) groups is 1. The van der Waals surface area contributed by atoms with Crippen LogP contribution in [0.1, 0.15) is 59.6 Å². The first-order chi connectivity index (χ1) is 11.3. The summed E-state index contributed by atoms with van der Waals surface area (Å²) in [4.78, 5) is 14.0. The first kappa shape index (κ1) is 19.8. The fourth-order valence-electron chi connectivity index (χ4n) is 2.52. The van der Waals surface area contributed by atoms with E-state index in [0.717, 1.165) is 16.6 Å². The summed E-state index contributed by atoms with van der Waals surface area (Å²) in [5, 5.41) is 10.2. The van der Waals surface area contributed by atoms with Gasteiger partial charge in [-0.05, 0) is 65.1 Å². The highest BCUT2D eigenvalue weighted by atomic mass is 16.6. The molecule has 1 aliphatic heterocycles. The molecule has 0 aromatic heterocycles. The normalized spacial score (nSPS) is 15.1. The van der Waals surface area contributed by atoms with Crippen LogP contribution in [-0.2, 0) is 22.5 Å². The van der Waals surface area contributed by atoms with E-state index in [4.69, 9.17) is 9.39 Å². The lowest BCUT2D eigenvalue weighted by molar-refractivity contribution is -0.0893. The number of hydrogen-bond donors (Lipinski definition) is 1. The Morgan fingerprint density at radius 1 is 1.12 bits per heavy atom. The quantitative estimate of drug-likeness (QED) is 0.851. The summed E-state index contributed by atoms with van der Waals surface area (Å²) in [5.41, 5.74) is 1.13. The predicted molar refractivity (Wildman–Crippen MR) is 100 cm³/mol. The Hall–Kier alpha value is -1.53. The topological polar surface area (TPSA) is 59.0 Å². The molecule has 138 valence electrons. The van der Waals surface area contributed by atoms with Crippen LogP contribution in [0.4, 0.5) is 4.79 Å². The molecule has 1 N–H and O–H groups in total. The van der Waals surface area contributed by atoms with E-state index in [-0.39, 0.29) is 6.09 Å². The standard InChI is InChI=1S/C19H30BNO4/c1-17(2,3)24-16(22)21-11-13-9-8-10-15(14(13)12-21)20-25-19(6,7)18(4,5)23/h8-10,20,23H,11-12H2,1-7H3. The Morgan fingerprint density at radius 3 is 2.32 bits per heavy atom. The van der Waals surface area contributed by atoms with Crippen molar-refractivity contribution < 1.29 is 19.3 Å². The van der Waals surface area contributed by atoms with Gasteiger partial charge >= 0.3 is 13.6 Å². The van der Waals surface area contributed by atoms with Crippen LogP contribution in [0.15, 0.2) is 18.2 Å². The molecule has 0 bridgehead atoms. The highest BCUT2D eigenvalue weighted by Crippen LogP contribution is 2.26. The van der Waals surface area contributed by atoms with Crippen LogP contribution in [0.3, 0.4) is 0 Å². The lowest BCUT2D eigenvalue weighted by Gasteiger charge is -2.37. The highest BCUT2D eigenvalue weighted by Gasteiger charge is 2.36. The summed E-state index contributed by atoms with van der Waals surface area (Å²) in [6.07, 6.45) is -0.299. The number of aliphatic hydroxyl groups is 1. The summed E-state index contributed by atoms with van der Waals surface area (Å²) >= 11 is 0. The Bertz CT molecular complexity index is 644. The van der Waals surface area contributed by atoms with Crippen molar-refractivity contribution in [1.29, 1.82) is 0 Å². The molecule has 1 aromatic rings. The maximum atomic E-state index is 12.3.